The zero-order valence-corrected chi connectivity index (χ0v) is 14.5. The summed E-state index contributed by atoms with van der Waals surface area (Å²) < 4.78 is 1.77. The molecule has 0 unspecified atom stereocenters. The predicted molar refractivity (Wildman–Crippen MR) is 100 cm³/mol. The first-order valence-electron chi connectivity index (χ1n) is 8.88. The topological polar surface area (TPSA) is 63.1 Å². The molecule has 2 aromatic heterocycles. The number of carbonyl (C=O) groups excluding carboxylic acids is 1. The van der Waals surface area contributed by atoms with Crippen molar-refractivity contribution in [2.24, 2.45) is 0 Å². The summed E-state index contributed by atoms with van der Waals surface area (Å²) in [5.74, 6) is 0.0229. The summed E-state index contributed by atoms with van der Waals surface area (Å²) in [7, 11) is 0. The average molecular weight is 347 g/mol. The molecule has 0 aliphatic carbocycles. The highest BCUT2D eigenvalue weighted by atomic mass is 16.2. The number of hydrogen-bond acceptors (Lipinski definition) is 4. The minimum atomic E-state index is 0.0229. The lowest BCUT2D eigenvalue weighted by molar-refractivity contribution is 0.0767. The highest BCUT2D eigenvalue weighted by Crippen LogP contribution is 2.24. The summed E-state index contributed by atoms with van der Waals surface area (Å²) in [5.41, 5.74) is 3.06. The number of rotatable bonds is 3. The van der Waals surface area contributed by atoms with Crippen LogP contribution in [0.1, 0.15) is 16.8 Å². The molecule has 1 fully saturated rings. The minimum absolute atomic E-state index is 0.0229. The second-order valence-electron chi connectivity index (χ2n) is 6.31. The SMILES string of the molecule is O=C(c1cn(-c2ccccc2)nc1-c1cccnc1)N1CCCNCC1. The van der Waals surface area contributed by atoms with Crippen molar-refractivity contribution < 1.29 is 4.79 Å². The van der Waals surface area contributed by atoms with Crippen LogP contribution in [0.15, 0.2) is 61.1 Å². The van der Waals surface area contributed by atoms with Crippen molar-refractivity contribution in [1.82, 2.24) is 25.0 Å². The maximum Gasteiger partial charge on any atom is 0.257 e. The van der Waals surface area contributed by atoms with Crippen molar-refractivity contribution in [1.29, 1.82) is 0 Å². The molecule has 3 aromatic rings. The third-order valence-electron chi connectivity index (χ3n) is 4.53. The fourth-order valence-corrected chi connectivity index (χ4v) is 3.18. The molecule has 1 aromatic carbocycles. The molecule has 6 nitrogen and oxygen atoms in total. The monoisotopic (exact) mass is 347 g/mol. The highest BCUT2D eigenvalue weighted by Gasteiger charge is 2.24. The Kier molecular flexibility index (Phi) is 4.75. The van der Waals surface area contributed by atoms with Gasteiger partial charge in [-0.05, 0) is 37.2 Å². The Balaban J connectivity index is 1.76. The molecule has 0 spiro atoms. The first kappa shape index (κ1) is 16.5. The van der Waals surface area contributed by atoms with Crippen LogP contribution in [0.3, 0.4) is 0 Å². The lowest BCUT2D eigenvalue weighted by atomic mass is 10.1. The molecule has 4 rings (SSSR count). The molecule has 132 valence electrons. The summed E-state index contributed by atoms with van der Waals surface area (Å²) in [6.07, 6.45) is 6.26. The van der Waals surface area contributed by atoms with Crippen molar-refractivity contribution in [2.45, 2.75) is 6.42 Å². The van der Waals surface area contributed by atoms with Crippen LogP contribution in [0.2, 0.25) is 0 Å². The zero-order valence-electron chi connectivity index (χ0n) is 14.5. The molecule has 3 heterocycles. The third kappa shape index (κ3) is 3.36. The van der Waals surface area contributed by atoms with Gasteiger partial charge < -0.3 is 10.2 Å². The van der Waals surface area contributed by atoms with Gasteiger partial charge in [0, 0.05) is 43.8 Å². The first-order chi connectivity index (χ1) is 12.8. The van der Waals surface area contributed by atoms with Gasteiger partial charge in [0.1, 0.15) is 5.69 Å². The second-order valence-corrected chi connectivity index (χ2v) is 6.31. The van der Waals surface area contributed by atoms with E-state index in [0.717, 1.165) is 37.3 Å². The van der Waals surface area contributed by atoms with Gasteiger partial charge in [0.05, 0.1) is 11.3 Å². The first-order valence-corrected chi connectivity index (χ1v) is 8.88. The molecule has 1 aliphatic rings. The molecular formula is C20H21N5O. The van der Waals surface area contributed by atoms with Crippen LogP contribution in [-0.2, 0) is 0 Å². The van der Waals surface area contributed by atoms with Crippen molar-refractivity contribution in [3.05, 3.63) is 66.6 Å². The number of aromatic nitrogens is 3. The normalized spacial score (nSPS) is 14.8. The van der Waals surface area contributed by atoms with Crippen molar-refractivity contribution in [3.63, 3.8) is 0 Å². The Morgan fingerprint density at radius 2 is 1.92 bits per heavy atom. The van der Waals surface area contributed by atoms with Crippen LogP contribution in [0.25, 0.3) is 16.9 Å². The number of nitrogens with zero attached hydrogens (tertiary/aromatic N) is 4. The summed E-state index contributed by atoms with van der Waals surface area (Å²) in [6.45, 7) is 3.24. The molecule has 0 bridgehead atoms. The minimum Gasteiger partial charge on any atom is -0.337 e. The standard InChI is InChI=1S/C20H21N5O/c26-20(24-12-5-10-21-11-13-24)18-15-25(17-7-2-1-3-8-17)23-19(18)16-6-4-9-22-14-16/h1-4,6-9,14-15,21H,5,10-13H2. The summed E-state index contributed by atoms with van der Waals surface area (Å²) >= 11 is 0. The predicted octanol–water partition coefficient (Wildman–Crippen LogP) is 2.37. The highest BCUT2D eigenvalue weighted by molar-refractivity contribution is 5.99. The fraction of sp³-hybridized carbons (Fsp3) is 0.250. The quantitative estimate of drug-likeness (QED) is 0.790. The van der Waals surface area contributed by atoms with Crippen molar-refractivity contribution in [3.8, 4) is 16.9 Å². The molecule has 1 amide bonds. The Hall–Kier alpha value is -2.99. The molecule has 26 heavy (non-hydrogen) atoms. The summed E-state index contributed by atoms with van der Waals surface area (Å²) in [4.78, 5) is 19.3. The molecular weight excluding hydrogens is 326 g/mol. The number of hydrogen-bond donors (Lipinski definition) is 1. The van der Waals surface area contributed by atoms with E-state index in [1.165, 1.54) is 0 Å². The molecule has 0 atom stereocenters. The number of amides is 1. The maximum atomic E-state index is 13.2. The van der Waals surface area contributed by atoms with E-state index in [4.69, 9.17) is 5.10 Å². The van der Waals surface area contributed by atoms with E-state index in [2.05, 4.69) is 10.3 Å². The van der Waals surface area contributed by atoms with Gasteiger partial charge in [-0.3, -0.25) is 9.78 Å². The van der Waals surface area contributed by atoms with E-state index < -0.39 is 0 Å². The van der Waals surface area contributed by atoms with Gasteiger partial charge in [0.15, 0.2) is 0 Å². The van der Waals surface area contributed by atoms with Gasteiger partial charge in [-0.25, -0.2) is 4.68 Å². The van der Waals surface area contributed by atoms with Crippen LogP contribution >= 0.6 is 0 Å². The Bertz CT molecular complexity index is 868. The number of carbonyl (C=O) groups is 1. The van der Waals surface area contributed by atoms with Crippen LogP contribution in [0, 0.1) is 0 Å². The number of pyridine rings is 1. The van der Waals surface area contributed by atoms with E-state index in [-0.39, 0.29) is 5.91 Å². The summed E-state index contributed by atoms with van der Waals surface area (Å²) in [5, 5.41) is 8.04. The Labute approximate surface area is 152 Å². The molecule has 1 N–H and O–H groups in total. The van der Waals surface area contributed by atoms with Gasteiger partial charge in [-0.15, -0.1) is 0 Å². The van der Waals surface area contributed by atoms with E-state index >= 15 is 0 Å². The number of benzene rings is 1. The number of nitrogens with one attached hydrogen (secondary N) is 1. The molecule has 6 heteroatoms. The summed E-state index contributed by atoms with van der Waals surface area (Å²) in [6, 6.07) is 13.6. The smallest absolute Gasteiger partial charge is 0.257 e. The lowest BCUT2D eigenvalue weighted by Gasteiger charge is -2.19. The second kappa shape index (κ2) is 7.49. The molecule has 1 aliphatic heterocycles. The van der Waals surface area contributed by atoms with Crippen LogP contribution in [0.5, 0.6) is 0 Å². The van der Waals surface area contributed by atoms with Gasteiger partial charge in [-0.2, -0.15) is 5.10 Å². The van der Waals surface area contributed by atoms with Gasteiger partial charge >= 0.3 is 0 Å². The van der Waals surface area contributed by atoms with Crippen LogP contribution in [-0.4, -0.2) is 51.8 Å². The largest absolute Gasteiger partial charge is 0.337 e. The molecule has 0 saturated carbocycles. The zero-order chi connectivity index (χ0) is 17.8. The van der Waals surface area contributed by atoms with Gasteiger partial charge in [-0.1, -0.05) is 18.2 Å². The van der Waals surface area contributed by atoms with Gasteiger partial charge in [0.25, 0.3) is 5.91 Å². The van der Waals surface area contributed by atoms with Crippen LogP contribution < -0.4 is 5.32 Å². The Morgan fingerprint density at radius 3 is 2.73 bits per heavy atom. The van der Waals surface area contributed by atoms with E-state index in [1.807, 2.05) is 53.6 Å². The fourth-order valence-electron chi connectivity index (χ4n) is 3.18. The van der Waals surface area contributed by atoms with E-state index in [0.29, 0.717) is 17.8 Å². The maximum absolute atomic E-state index is 13.2. The van der Waals surface area contributed by atoms with Gasteiger partial charge in [0.2, 0.25) is 0 Å². The molecule has 0 radical (unpaired) electrons. The van der Waals surface area contributed by atoms with Crippen LogP contribution in [0.4, 0.5) is 0 Å². The third-order valence-corrected chi connectivity index (χ3v) is 4.53. The van der Waals surface area contributed by atoms with Crippen molar-refractivity contribution in [2.75, 3.05) is 26.2 Å². The molecule has 1 saturated heterocycles. The van der Waals surface area contributed by atoms with E-state index in [1.54, 1.807) is 17.1 Å². The average Bonchev–Trinajstić information content (AvgIpc) is 2.97. The van der Waals surface area contributed by atoms with E-state index in [9.17, 15) is 4.79 Å². The Morgan fingerprint density at radius 1 is 1.04 bits per heavy atom. The lowest BCUT2D eigenvalue weighted by Crippen LogP contribution is -2.34. The number of para-hydroxylation sites is 1. The van der Waals surface area contributed by atoms with Crippen molar-refractivity contribution >= 4 is 5.91 Å².